The molecule has 0 aliphatic rings. The highest BCUT2D eigenvalue weighted by atomic mass is 35.5. The van der Waals surface area contributed by atoms with E-state index in [9.17, 15) is 12.8 Å². The van der Waals surface area contributed by atoms with E-state index in [2.05, 4.69) is 15.3 Å². The molecule has 0 aliphatic heterocycles. The number of aryl methyl sites for hydroxylation is 1. The van der Waals surface area contributed by atoms with Gasteiger partial charge in [0.2, 0.25) is 0 Å². The average molecular weight is 481 g/mol. The maximum absolute atomic E-state index is 14.5. The minimum absolute atomic E-state index is 0.212. The van der Waals surface area contributed by atoms with E-state index < -0.39 is 32.2 Å². The molecule has 3 heterocycles. The van der Waals surface area contributed by atoms with Crippen molar-refractivity contribution in [1.82, 2.24) is 14.4 Å². The van der Waals surface area contributed by atoms with Crippen LogP contribution in [-0.2, 0) is 16.4 Å². The Morgan fingerprint density at radius 2 is 2.09 bits per heavy atom. The Kier molecular flexibility index (Phi) is 6.48. The molecule has 3 aromatic rings. The molecule has 0 spiro atoms. The molecule has 172 valence electrons. The largest absolute Gasteiger partial charge is 0.386 e. The van der Waals surface area contributed by atoms with Crippen molar-refractivity contribution in [2.75, 3.05) is 11.1 Å². The molecular formula is C21H26ClFN6O2S. The van der Waals surface area contributed by atoms with Crippen molar-refractivity contribution in [3.05, 3.63) is 58.4 Å². The number of sulfone groups is 1. The van der Waals surface area contributed by atoms with Gasteiger partial charge >= 0.3 is 0 Å². The van der Waals surface area contributed by atoms with Crippen LogP contribution >= 0.6 is 11.6 Å². The molecule has 0 fully saturated rings. The number of hydrogen-bond donors (Lipinski definition) is 3. The van der Waals surface area contributed by atoms with Gasteiger partial charge in [-0.25, -0.2) is 22.8 Å². The van der Waals surface area contributed by atoms with Gasteiger partial charge in [-0.2, -0.15) is 0 Å². The molecule has 0 radical (unpaired) electrons. The third kappa shape index (κ3) is 4.56. The van der Waals surface area contributed by atoms with Crippen molar-refractivity contribution in [2.24, 2.45) is 5.73 Å². The number of fused-ring (bicyclic) bond motifs is 1. The lowest BCUT2D eigenvalue weighted by molar-refractivity contribution is 0.563. The van der Waals surface area contributed by atoms with Crippen molar-refractivity contribution < 1.29 is 12.8 Å². The molecule has 1 atom stereocenters. The number of amidine groups is 1. The minimum Gasteiger partial charge on any atom is -0.386 e. The normalized spacial score (nSPS) is 13.3. The Bertz CT molecular complexity index is 1290. The average Bonchev–Trinajstić information content (AvgIpc) is 3.02. The van der Waals surface area contributed by atoms with E-state index in [1.165, 1.54) is 19.9 Å². The summed E-state index contributed by atoms with van der Waals surface area (Å²) in [7, 11) is -3.80. The summed E-state index contributed by atoms with van der Waals surface area (Å²) in [6.45, 7) is 6.62. The lowest BCUT2D eigenvalue weighted by atomic mass is 10.0. The second-order valence-electron chi connectivity index (χ2n) is 8.27. The topological polar surface area (TPSA) is 126 Å². The summed E-state index contributed by atoms with van der Waals surface area (Å²) in [4.78, 5) is 8.63. The summed E-state index contributed by atoms with van der Waals surface area (Å²) >= 11 is 6.05. The highest BCUT2D eigenvalue weighted by molar-refractivity contribution is 7.93. The number of nitrogens with two attached hydrogens (primary N) is 1. The first-order valence-corrected chi connectivity index (χ1v) is 12.0. The Morgan fingerprint density at radius 1 is 1.41 bits per heavy atom. The first-order chi connectivity index (χ1) is 14.8. The molecular weight excluding hydrogens is 455 g/mol. The molecule has 0 amide bonds. The molecule has 4 N–H and O–H groups in total. The van der Waals surface area contributed by atoms with Gasteiger partial charge in [-0.3, -0.25) is 5.41 Å². The lowest BCUT2D eigenvalue weighted by Gasteiger charge is -2.25. The highest BCUT2D eigenvalue weighted by Gasteiger charge is 2.38. The Hall–Kier alpha value is -2.72. The second kappa shape index (κ2) is 8.67. The van der Waals surface area contributed by atoms with Gasteiger partial charge in [-0.15, -0.1) is 0 Å². The van der Waals surface area contributed by atoms with E-state index >= 15 is 0 Å². The fraction of sp³-hybridized carbons (Fsp3) is 0.381. The molecule has 3 aromatic heterocycles. The van der Waals surface area contributed by atoms with Crippen LogP contribution in [0.2, 0.25) is 5.02 Å². The van der Waals surface area contributed by atoms with Crippen LogP contribution in [0, 0.1) is 18.2 Å². The first kappa shape index (κ1) is 23.9. The number of hydrogen-bond acceptors (Lipinski definition) is 6. The van der Waals surface area contributed by atoms with Crippen LogP contribution in [-0.4, -0.2) is 39.1 Å². The van der Waals surface area contributed by atoms with Gasteiger partial charge in [0, 0.05) is 11.9 Å². The van der Waals surface area contributed by atoms with Crippen LogP contribution < -0.4 is 11.1 Å². The molecule has 0 saturated carbocycles. The van der Waals surface area contributed by atoms with Crippen LogP contribution in [0.1, 0.15) is 43.6 Å². The van der Waals surface area contributed by atoms with Gasteiger partial charge < -0.3 is 15.5 Å². The van der Waals surface area contributed by atoms with Crippen molar-refractivity contribution in [3.63, 3.8) is 0 Å². The zero-order chi connectivity index (χ0) is 23.8. The Balaban J connectivity index is 1.80. The van der Waals surface area contributed by atoms with Crippen LogP contribution in [0.25, 0.3) is 5.65 Å². The van der Waals surface area contributed by atoms with Crippen molar-refractivity contribution >= 4 is 38.7 Å². The SMILES string of the molecule is Cc1c(CNc2cc(C(C)CS(=O)(=O)C(C)(C)C(=N)N)c(F)cn2)nc2ccc(Cl)cn12. The lowest BCUT2D eigenvalue weighted by Crippen LogP contribution is -2.46. The number of rotatable bonds is 8. The summed E-state index contributed by atoms with van der Waals surface area (Å²) in [5.74, 6) is -1.68. The summed E-state index contributed by atoms with van der Waals surface area (Å²) in [5.41, 5.74) is 8.11. The van der Waals surface area contributed by atoms with E-state index in [1.54, 1.807) is 19.2 Å². The standard InChI is InChI=1S/C21H26ClFN6O2S/c1-12(11-32(30,31)21(3,4)20(24)25)15-7-18(26-8-16(15)23)27-9-17-13(2)29-10-14(22)5-6-19(29)28-17/h5-8,10,12H,9,11H2,1-4H3,(H3,24,25)(H,26,27). The van der Waals surface area contributed by atoms with Crippen LogP contribution in [0.5, 0.6) is 0 Å². The summed E-state index contributed by atoms with van der Waals surface area (Å²) in [6, 6.07) is 5.08. The van der Waals surface area contributed by atoms with E-state index in [1.807, 2.05) is 17.4 Å². The number of imidazole rings is 1. The van der Waals surface area contributed by atoms with Gasteiger partial charge in [0.1, 0.15) is 27.9 Å². The zero-order valence-corrected chi connectivity index (χ0v) is 19.9. The van der Waals surface area contributed by atoms with Crippen molar-refractivity contribution in [3.8, 4) is 0 Å². The fourth-order valence-electron chi connectivity index (χ4n) is 3.25. The monoisotopic (exact) mass is 480 g/mol. The van der Waals surface area contributed by atoms with Gasteiger partial charge in [-0.1, -0.05) is 18.5 Å². The Labute approximate surface area is 191 Å². The van der Waals surface area contributed by atoms with E-state index in [0.29, 0.717) is 17.4 Å². The number of aromatic nitrogens is 3. The van der Waals surface area contributed by atoms with E-state index in [0.717, 1.165) is 23.2 Å². The number of nitrogens with one attached hydrogen (secondary N) is 2. The molecule has 0 saturated heterocycles. The second-order valence-corrected chi connectivity index (χ2v) is 11.3. The van der Waals surface area contributed by atoms with Gasteiger partial charge in [0.25, 0.3) is 0 Å². The predicted molar refractivity (Wildman–Crippen MR) is 125 cm³/mol. The Morgan fingerprint density at radius 3 is 2.75 bits per heavy atom. The van der Waals surface area contributed by atoms with Gasteiger partial charge in [0.15, 0.2) is 9.84 Å². The van der Waals surface area contributed by atoms with Gasteiger partial charge in [-0.05, 0) is 50.5 Å². The fourth-order valence-corrected chi connectivity index (χ4v) is 5.00. The maximum atomic E-state index is 14.5. The summed E-state index contributed by atoms with van der Waals surface area (Å²) in [6.07, 6.45) is 2.84. The molecule has 1 unspecified atom stereocenters. The number of anilines is 1. The molecule has 8 nitrogen and oxygen atoms in total. The summed E-state index contributed by atoms with van der Waals surface area (Å²) < 4.78 is 40.3. The van der Waals surface area contributed by atoms with Crippen LogP contribution in [0.3, 0.4) is 0 Å². The molecule has 11 heteroatoms. The van der Waals surface area contributed by atoms with E-state index in [4.69, 9.17) is 22.7 Å². The predicted octanol–water partition coefficient (Wildman–Crippen LogP) is 3.68. The third-order valence-electron chi connectivity index (χ3n) is 5.67. The molecule has 0 aromatic carbocycles. The molecule has 0 bridgehead atoms. The smallest absolute Gasteiger partial charge is 0.163 e. The van der Waals surface area contributed by atoms with Crippen LogP contribution in [0.15, 0.2) is 30.6 Å². The molecule has 3 rings (SSSR count). The highest BCUT2D eigenvalue weighted by Crippen LogP contribution is 2.27. The van der Waals surface area contributed by atoms with E-state index in [-0.39, 0.29) is 11.3 Å². The number of nitrogens with zero attached hydrogens (tertiary/aromatic N) is 3. The molecule has 0 aliphatic carbocycles. The number of pyridine rings is 2. The summed E-state index contributed by atoms with van der Waals surface area (Å²) in [5, 5.41) is 11.3. The maximum Gasteiger partial charge on any atom is 0.163 e. The molecule has 32 heavy (non-hydrogen) atoms. The first-order valence-electron chi connectivity index (χ1n) is 9.92. The quantitative estimate of drug-likeness (QED) is 0.333. The van der Waals surface area contributed by atoms with Gasteiger partial charge in [0.05, 0.1) is 29.2 Å². The zero-order valence-electron chi connectivity index (χ0n) is 18.3. The minimum atomic E-state index is -3.80. The van der Waals surface area contributed by atoms with Crippen molar-refractivity contribution in [2.45, 2.75) is 44.9 Å². The van der Waals surface area contributed by atoms with Crippen LogP contribution in [0.4, 0.5) is 10.2 Å². The number of halogens is 2. The van der Waals surface area contributed by atoms with Crippen molar-refractivity contribution in [1.29, 1.82) is 5.41 Å². The third-order valence-corrected chi connectivity index (χ3v) is 8.61.